The number of benzene rings is 2. The molecule has 1 N–H and O–H groups in total. The molecule has 1 unspecified atom stereocenters. The zero-order valence-electron chi connectivity index (χ0n) is 11.5. The molecule has 0 aliphatic rings. The summed E-state index contributed by atoms with van der Waals surface area (Å²) in [6.07, 6.45) is 1.01. The summed E-state index contributed by atoms with van der Waals surface area (Å²) in [7, 11) is 1.61. The Morgan fingerprint density at radius 2 is 2.00 bits per heavy atom. The smallest absolute Gasteiger partial charge is 0.119 e. The minimum absolute atomic E-state index is 0.714. The fourth-order valence-electron chi connectivity index (χ4n) is 2.29. The Morgan fingerprint density at radius 1 is 1.14 bits per heavy atom. The third kappa shape index (κ3) is 2.77. The number of aromatic nitrogens is 1. The minimum atomic E-state index is -0.735. The zero-order valence-corrected chi connectivity index (χ0v) is 13.0. The van der Waals surface area contributed by atoms with E-state index in [1.807, 2.05) is 48.5 Å². The molecule has 1 aromatic heterocycles. The lowest BCUT2D eigenvalue weighted by atomic mass is 10.00. The molecule has 0 fully saturated rings. The van der Waals surface area contributed by atoms with Gasteiger partial charge in [0.2, 0.25) is 0 Å². The second-order valence-electron chi connectivity index (χ2n) is 4.75. The minimum Gasteiger partial charge on any atom is -0.497 e. The normalized spacial score (nSPS) is 12.3. The Kier molecular flexibility index (Phi) is 3.90. The van der Waals surface area contributed by atoms with E-state index < -0.39 is 6.10 Å². The van der Waals surface area contributed by atoms with Gasteiger partial charge in [0.1, 0.15) is 11.9 Å². The summed E-state index contributed by atoms with van der Waals surface area (Å²) in [6, 6.07) is 15.2. The zero-order chi connectivity index (χ0) is 14.8. The van der Waals surface area contributed by atoms with E-state index in [1.165, 1.54) is 0 Å². The van der Waals surface area contributed by atoms with Gasteiger partial charge >= 0.3 is 0 Å². The predicted octanol–water partition coefficient (Wildman–Crippen LogP) is 4.09. The van der Waals surface area contributed by atoms with Gasteiger partial charge in [0.05, 0.1) is 12.6 Å². The van der Waals surface area contributed by atoms with Crippen LogP contribution >= 0.6 is 15.9 Å². The third-order valence-electron chi connectivity index (χ3n) is 3.44. The highest BCUT2D eigenvalue weighted by Crippen LogP contribution is 2.32. The Balaban J connectivity index is 2.05. The van der Waals surface area contributed by atoms with Crippen molar-refractivity contribution in [1.29, 1.82) is 0 Å². The number of fused-ring (bicyclic) bond motifs is 1. The summed E-state index contributed by atoms with van der Waals surface area (Å²) in [6.45, 7) is 0. The molecule has 21 heavy (non-hydrogen) atoms. The number of pyridine rings is 1. The van der Waals surface area contributed by atoms with Crippen molar-refractivity contribution < 1.29 is 9.84 Å². The van der Waals surface area contributed by atoms with E-state index in [9.17, 15) is 5.11 Å². The van der Waals surface area contributed by atoms with Gasteiger partial charge in [0, 0.05) is 21.6 Å². The molecule has 0 bridgehead atoms. The first kappa shape index (κ1) is 14.0. The molecular weight excluding hydrogens is 330 g/mol. The number of aliphatic hydroxyl groups is 1. The Bertz CT molecular complexity index is 789. The summed E-state index contributed by atoms with van der Waals surface area (Å²) in [5, 5.41) is 11.7. The number of ether oxygens (including phenoxy) is 1. The monoisotopic (exact) mass is 343 g/mol. The van der Waals surface area contributed by atoms with Crippen LogP contribution in [0.5, 0.6) is 5.75 Å². The molecule has 1 heterocycles. The van der Waals surface area contributed by atoms with Crippen molar-refractivity contribution in [2.75, 3.05) is 7.11 Å². The van der Waals surface area contributed by atoms with E-state index in [1.54, 1.807) is 13.3 Å². The van der Waals surface area contributed by atoms with Gasteiger partial charge in [-0.3, -0.25) is 4.98 Å². The number of hydrogen-bond acceptors (Lipinski definition) is 3. The van der Waals surface area contributed by atoms with Crippen molar-refractivity contribution in [3.05, 3.63) is 70.3 Å². The van der Waals surface area contributed by atoms with Crippen LogP contribution in [0.15, 0.2) is 59.2 Å². The van der Waals surface area contributed by atoms with Gasteiger partial charge < -0.3 is 9.84 Å². The first-order valence-corrected chi connectivity index (χ1v) is 7.34. The first-order valence-electron chi connectivity index (χ1n) is 6.55. The fourth-order valence-corrected chi connectivity index (χ4v) is 2.75. The number of aliphatic hydroxyl groups excluding tert-OH is 1. The summed E-state index contributed by atoms with van der Waals surface area (Å²) in [5.41, 5.74) is 2.44. The lowest BCUT2D eigenvalue weighted by molar-refractivity contribution is 0.219. The molecule has 0 radical (unpaired) electrons. The Morgan fingerprint density at radius 3 is 2.81 bits per heavy atom. The van der Waals surface area contributed by atoms with Crippen LogP contribution < -0.4 is 4.74 Å². The summed E-state index contributed by atoms with van der Waals surface area (Å²) >= 11 is 3.48. The third-order valence-corrected chi connectivity index (χ3v) is 4.17. The molecule has 0 saturated heterocycles. The van der Waals surface area contributed by atoms with Crippen molar-refractivity contribution in [1.82, 2.24) is 4.98 Å². The topological polar surface area (TPSA) is 42.4 Å². The Hall–Kier alpha value is -1.91. The maximum absolute atomic E-state index is 10.6. The van der Waals surface area contributed by atoms with Crippen molar-refractivity contribution >= 4 is 26.8 Å². The summed E-state index contributed by atoms with van der Waals surface area (Å²) in [5.74, 6) is 0.714. The highest BCUT2D eigenvalue weighted by atomic mass is 79.9. The number of halogens is 1. The summed E-state index contributed by atoms with van der Waals surface area (Å²) in [4.78, 5) is 4.33. The number of hydrogen-bond donors (Lipinski definition) is 1. The molecule has 0 spiro atoms. The van der Waals surface area contributed by atoms with Crippen LogP contribution in [0.1, 0.15) is 17.2 Å². The second-order valence-corrected chi connectivity index (χ2v) is 5.60. The van der Waals surface area contributed by atoms with Gasteiger partial charge in [-0.05, 0) is 35.9 Å². The van der Waals surface area contributed by atoms with Crippen LogP contribution in [0.4, 0.5) is 0 Å². The molecule has 2 aromatic carbocycles. The van der Waals surface area contributed by atoms with Gasteiger partial charge in [-0.15, -0.1) is 0 Å². The number of methoxy groups -OCH3 is 1. The average Bonchev–Trinajstić information content (AvgIpc) is 2.54. The lowest BCUT2D eigenvalue weighted by Crippen LogP contribution is -2.01. The largest absolute Gasteiger partial charge is 0.497 e. The lowest BCUT2D eigenvalue weighted by Gasteiger charge is -2.15. The molecule has 0 saturated carbocycles. The SMILES string of the molecule is COc1ccc(Br)c(C(O)c2ccc3cccnc3c2)c1. The van der Waals surface area contributed by atoms with E-state index in [2.05, 4.69) is 20.9 Å². The predicted molar refractivity (Wildman–Crippen MR) is 86.5 cm³/mol. The van der Waals surface area contributed by atoms with Gasteiger partial charge in [-0.1, -0.05) is 34.1 Å². The highest BCUT2D eigenvalue weighted by Gasteiger charge is 2.15. The average molecular weight is 344 g/mol. The van der Waals surface area contributed by atoms with E-state index in [4.69, 9.17) is 4.74 Å². The molecule has 0 aliphatic heterocycles. The van der Waals surface area contributed by atoms with Crippen molar-refractivity contribution in [3.63, 3.8) is 0 Å². The van der Waals surface area contributed by atoms with Crippen LogP contribution in [0.3, 0.4) is 0 Å². The molecule has 4 heteroatoms. The molecule has 3 aromatic rings. The molecule has 3 rings (SSSR count). The van der Waals surface area contributed by atoms with E-state index in [0.717, 1.165) is 26.5 Å². The first-order chi connectivity index (χ1) is 10.2. The molecule has 0 aliphatic carbocycles. The van der Waals surface area contributed by atoms with Crippen molar-refractivity contribution in [2.24, 2.45) is 0 Å². The number of nitrogens with zero attached hydrogens (tertiary/aromatic N) is 1. The highest BCUT2D eigenvalue weighted by molar-refractivity contribution is 9.10. The fraction of sp³-hybridized carbons (Fsp3) is 0.118. The van der Waals surface area contributed by atoms with Crippen LogP contribution in [0, 0.1) is 0 Å². The van der Waals surface area contributed by atoms with Crippen LogP contribution in [-0.4, -0.2) is 17.2 Å². The summed E-state index contributed by atoms with van der Waals surface area (Å²) < 4.78 is 6.07. The van der Waals surface area contributed by atoms with Crippen LogP contribution in [-0.2, 0) is 0 Å². The molecule has 1 atom stereocenters. The maximum atomic E-state index is 10.6. The molecule has 3 nitrogen and oxygen atoms in total. The van der Waals surface area contributed by atoms with Gasteiger partial charge in [-0.25, -0.2) is 0 Å². The van der Waals surface area contributed by atoms with E-state index in [-0.39, 0.29) is 0 Å². The Labute approximate surface area is 131 Å². The van der Waals surface area contributed by atoms with Gasteiger partial charge in [0.15, 0.2) is 0 Å². The van der Waals surface area contributed by atoms with Crippen molar-refractivity contribution in [3.8, 4) is 5.75 Å². The second kappa shape index (κ2) is 5.84. The molecule has 0 amide bonds. The van der Waals surface area contributed by atoms with Crippen LogP contribution in [0.25, 0.3) is 10.9 Å². The quantitative estimate of drug-likeness (QED) is 0.778. The van der Waals surface area contributed by atoms with Gasteiger partial charge in [0.25, 0.3) is 0 Å². The van der Waals surface area contributed by atoms with E-state index >= 15 is 0 Å². The number of rotatable bonds is 3. The molecular formula is C17H14BrNO2. The maximum Gasteiger partial charge on any atom is 0.119 e. The van der Waals surface area contributed by atoms with E-state index in [0.29, 0.717) is 5.75 Å². The standard InChI is InChI=1S/C17H14BrNO2/c1-21-13-6-7-15(18)14(10-13)17(20)12-5-4-11-3-2-8-19-16(11)9-12/h2-10,17,20H,1H3. The van der Waals surface area contributed by atoms with Crippen molar-refractivity contribution in [2.45, 2.75) is 6.10 Å². The van der Waals surface area contributed by atoms with Gasteiger partial charge in [-0.2, -0.15) is 0 Å². The molecule has 106 valence electrons. The van der Waals surface area contributed by atoms with Crippen LogP contribution in [0.2, 0.25) is 0 Å².